The number of rotatable bonds is 7. The predicted octanol–water partition coefficient (Wildman–Crippen LogP) is 2.92. The molecule has 0 saturated carbocycles. The fraction of sp³-hybridized carbons (Fsp3) is 0.786. The van der Waals surface area contributed by atoms with Crippen LogP contribution in [0.4, 0.5) is 0 Å². The average Bonchev–Trinajstić information content (AvgIpc) is 2.35. The van der Waals surface area contributed by atoms with E-state index in [-0.39, 0.29) is 5.92 Å². The monoisotopic (exact) mass is 239 g/mol. The fourth-order valence-electron chi connectivity index (χ4n) is 2.28. The number of aliphatic carboxylic acids is 1. The molecule has 0 aliphatic heterocycles. The molecule has 1 rings (SSSR count). The Morgan fingerprint density at radius 2 is 2.29 bits per heavy atom. The zero-order valence-corrected chi connectivity index (χ0v) is 11.1. The van der Waals surface area contributed by atoms with Crippen LogP contribution in [0.5, 0.6) is 0 Å². The quantitative estimate of drug-likeness (QED) is 0.694. The predicted molar refractivity (Wildman–Crippen MR) is 70.1 cm³/mol. The van der Waals surface area contributed by atoms with E-state index in [0.29, 0.717) is 6.54 Å². The van der Waals surface area contributed by atoms with Gasteiger partial charge in [0.05, 0.1) is 5.92 Å². The average molecular weight is 239 g/mol. The highest BCUT2D eigenvalue weighted by Gasteiger charge is 2.15. The van der Waals surface area contributed by atoms with Gasteiger partial charge < -0.3 is 10.0 Å². The number of nitrogens with zero attached hydrogens (tertiary/aromatic N) is 1. The Labute approximate surface area is 105 Å². The van der Waals surface area contributed by atoms with E-state index in [1.165, 1.54) is 25.7 Å². The summed E-state index contributed by atoms with van der Waals surface area (Å²) >= 11 is 0. The van der Waals surface area contributed by atoms with Gasteiger partial charge in [-0.15, -0.1) is 0 Å². The van der Waals surface area contributed by atoms with Crippen LogP contribution >= 0.6 is 0 Å². The molecule has 1 N–H and O–H groups in total. The standard InChI is InChI=1S/C14H25NO2/c1-3-15(11-12(2)14(16)17)10-9-13-7-5-4-6-8-13/h7,12H,3-6,8-11H2,1-2H3,(H,16,17). The molecule has 0 saturated heterocycles. The molecule has 0 bridgehead atoms. The van der Waals surface area contributed by atoms with Crippen LogP contribution in [0.1, 0.15) is 46.0 Å². The Morgan fingerprint density at radius 1 is 1.53 bits per heavy atom. The molecule has 0 aromatic rings. The topological polar surface area (TPSA) is 40.5 Å². The molecule has 0 heterocycles. The number of allylic oxidation sites excluding steroid dienone is 1. The van der Waals surface area contributed by atoms with Crippen LogP contribution in [-0.2, 0) is 4.79 Å². The summed E-state index contributed by atoms with van der Waals surface area (Å²) in [5.41, 5.74) is 1.57. The molecule has 3 nitrogen and oxygen atoms in total. The van der Waals surface area contributed by atoms with Crippen molar-refractivity contribution in [2.45, 2.75) is 46.0 Å². The van der Waals surface area contributed by atoms with Crippen molar-refractivity contribution in [1.29, 1.82) is 0 Å². The van der Waals surface area contributed by atoms with Crippen molar-refractivity contribution in [3.8, 4) is 0 Å². The summed E-state index contributed by atoms with van der Waals surface area (Å²) in [6.07, 6.45) is 8.61. The lowest BCUT2D eigenvalue weighted by molar-refractivity contribution is -0.141. The van der Waals surface area contributed by atoms with Crippen LogP contribution in [0.25, 0.3) is 0 Å². The first-order chi connectivity index (χ1) is 8.13. The van der Waals surface area contributed by atoms with Gasteiger partial charge in [-0.05, 0) is 38.6 Å². The maximum atomic E-state index is 10.8. The van der Waals surface area contributed by atoms with E-state index in [1.54, 1.807) is 12.5 Å². The summed E-state index contributed by atoms with van der Waals surface area (Å²) in [6.45, 7) is 6.48. The first-order valence-corrected chi connectivity index (χ1v) is 6.76. The minimum atomic E-state index is -0.694. The first-order valence-electron chi connectivity index (χ1n) is 6.76. The zero-order valence-electron chi connectivity index (χ0n) is 11.1. The Hall–Kier alpha value is -0.830. The SMILES string of the molecule is CCN(CCC1=CCCCC1)CC(C)C(=O)O. The summed E-state index contributed by atoms with van der Waals surface area (Å²) in [5.74, 6) is -0.962. The Kier molecular flexibility index (Phi) is 6.27. The molecule has 0 radical (unpaired) electrons. The maximum absolute atomic E-state index is 10.8. The van der Waals surface area contributed by atoms with Gasteiger partial charge in [0.15, 0.2) is 0 Å². The maximum Gasteiger partial charge on any atom is 0.307 e. The number of carbonyl (C=O) groups is 1. The number of hydrogen-bond donors (Lipinski definition) is 1. The number of carboxylic acid groups (broad SMARTS) is 1. The van der Waals surface area contributed by atoms with E-state index in [2.05, 4.69) is 17.9 Å². The molecule has 0 fully saturated rings. The molecule has 0 aromatic heterocycles. The third kappa shape index (κ3) is 5.35. The summed E-state index contributed by atoms with van der Waals surface area (Å²) < 4.78 is 0. The molecule has 0 aromatic carbocycles. The van der Waals surface area contributed by atoms with Crippen LogP contribution in [0.15, 0.2) is 11.6 Å². The second kappa shape index (κ2) is 7.49. The van der Waals surface area contributed by atoms with Crippen molar-refractivity contribution in [3.05, 3.63) is 11.6 Å². The Bertz CT molecular complexity index is 273. The molecule has 0 amide bonds. The molecule has 3 heteroatoms. The van der Waals surface area contributed by atoms with Crippen LogP contribution in [0.2, 0.25) is 0 Å². The summed E-state index contributed by atoms with van der Waals surface area (Å²) in [5, 5.41) is 8.91. The minimum Gasteiger partial charge on any atom is -0.481 e. The second-order valence-electron chi connectivity index (χ2n) is 4.99. The molecular formula is C14H25NO2. The Morgan fingerprint density at radius 3 is 2.82 bits per heavy atom. The van der Waals surface area contributed by atoms with E-state index in [4.69, 9.17) is 5.11 Å². The van der Waals surface area contributed by atoms with Crippen molar-refractivity contribution in [1.82, 2.24) is 4.90 Å². The lowest BCUT2D eigenvalue weighted by atomic mass is 9.97. The highest BCUT2D eigenvalue weighted by Crippen LogP contribution is 2.20. The van der Waals surface area contributed by atoms with E-state index >= 15 is 0 Å². The molecule has 17 heavy (non-hydrogen) atoms. The summed E-state index contributed by atoms with van der Waals surface area (Å²) in [6, 6.07) is 0. The number of carboxylic acids is 1. The molecule has 1 unspecified atom stereocenters. The van der Waals surface area contributed by atoms with Crippen molar-refractivity contribution in [3.63, 3.8) is 0 Å². The van der Waals surface area contributed by atoms with Gasteiger partial charge >= 0.3 is 5.97 Å². The van der Waals surface area contributed by atoms with Crippen molar-refractivity contribution in [2.75, 3.05) is 19.6 Å². The van der Waals surface area contributed by atoms with E-state index in [1.807, 2.05) is 0 Å². The van der Waals surface area contributed by atoms with Gasteiger partial charge in [-0.2, -0.15) is 0 Å². The lowest BCUT2D eigenvalue weighted by Gasteiger charge is -2.23. The molecule has 0 spiro atoms. The van der Waals surface area contributed by atoms with E-state index in [9.17, 15) is 4.79 Å². The van der Waals surface area contributed by atoms with Gasteiger partial charge in [0.25, 0.3) is 0 Å². The second-order valence-corrected chi connectivity index (χ2v) is 4.99. The van der Waals surface area contributed by atoms with Crippen molar-refractivity contribution >= 4 is 5.97 Å². The molecule has 1 aliphatic rings. The smallest absolute Gasteiger partial charge is 0.307 e. The van der Waals surface area contributed by atoms with Gasteiger partial charge in [0, 0.05) is 13.1 Å². The molecule has 98 valence electrons. The van der Waals surface area contributed by atoms with Gasteiger partial charge in [0.1, 0.15) is 0 Å². The first kappa shape index (κ1) is 14.2. The van der Waals surface area contributed by atoms with Crippen LogP contribution in [0.3, 0.4) is 0 Å². The minimum absolute atomic E-state index is 0.268. The third-order valence-electron chi connectivity index (χ3n) is 3.54. The Balaban J connectivity index is 2.31. The molecular weight excluding hydrogens is 214 g/mol. The van der Waals surface area contributed by atoms with Crippen molar-refractivity contribution in [2.24, 2.45) is 5.92 Å². The van der Waals surface area contributed by atoms with Gasteiger partial charge in [-0.3, -0.25) is 4.79 Å². The van der Waals surface area contributed by atoms with Crippen molar-refractivity contribution < 1.29 is 9.90 Å². The lowest BCUT2D eigenvalue weighted by Crippen LogP contribution is -2.32. The highest BCUT2D eigenvalue weighted by molar-refractivity contribution is 5.69. The van der Waals surface area contributed by atoms with Crippen LogP contribution in [-0.4, -0.2) is 35.6 Å². The third-order valence-corrected chi connectivity index (χ3v) is 3.54. The molecule has 1 aliphatic carbocycles. The van der Waals surface area contributed by atoms with Crippen LogP contribution < -0.4 is 0 Å². The van der Waals surface area contributed by atoms with Gasteiger partial charge in [-0.25, -0.2) is 0 Å². The number of hydrogen-bond acceptors (Lipinski definition) is 2. The van der Waals surface area contributed by atoms with Gasteiger partial charge in [-0.1, -0.05) is 25.5 Å². The summed E-state index contributed by atoms with van der Waals surface area (Å²) in [7, 11) is 0. The fourth-order valence-corrected chi connectivity index (χ4v) is 2.28. The van der Waals surface area contributed by atoms with E-state index < -0.39 is 5.97 Å². The zero-order chi connectivity index (χ0) is 12.7. The molecule has 1 atom stereocenters. The van der Waals surface area contributed by atoms with Crippen LogP contribution in [0, 0.1) is 5.92 Å². The normalized spacial score (nSPS) is 17.9. The summed E-state index contributed by atoms with van der Waals surface area (Å²) in [4.78, 5) is 13.1. The highest BCUT2D eigenvalue weighted by atomic mass is 16.4. The largest absolute Gasteiger partial charge is 0.481 e. The van der Waals surface area contributed by atoms with E-state index in [0.717, 1.165) is 19.5 Å². The van der Waals surface area contributed by atoms with Gasteiger partial charge in [0.2, 0.25) is 0 Å².